The summed E-state index contributed by atoms with van der Waals surface area (Å²) in [7, 11) is 1.55. The van der Waals surface area contributed by atoms with Gasteiger partial charge in [0.25, 0.3) is 12.1 Å². The van der Waals surface area contributed by atoms with Gasteiger partial charge in [0.15, 0.2) is 11.5 Å². The number of nitrogens with one attached hydrogen (secondary N) is 1. The molecule has 0 amide bonds. The molecule has 3 aromatic rings. The maximum Gasteiger partial charge on any atom is 0.270 e. The monoisotopic (exact) mass is 458 g/mol. The normalized spacial score (nSPS) is 15.3. The van der Waals surface area contributed by atoms with Gasteiger partial charge in [-0.05, 0) is 45.4 Å². The van der Waals surface area contributed by atoms with E-state index in [4.69, 9.17) is 9.47 Å². The number of nitrogens with zero attached hydrogens (tertiary/aromatic N) is 3. The average Bonchev–Trinajstić information content (AvgIpc) is 3.08. The van der Waals surface area contributed by atoms with Crippen LogP contribution in [0.2, 0.25) is 0 Å². The van der Waals surface area contributed by atoms with Crippen LogP contribution in [0.4, 0.5) is 20.3 Å². The van der Waals surface area contributed by atoms with Crippen LogP contribution in [0.25, 0.3) is 10.9 Å². The van der Waals surface area contributed by atoms with Crippen LogP contribution in [-0.4, -0.2) is 27.6 Å². The molecule has 1 atom stereocenters. The lowest BCUT2D eigenvalue weighted by Crippen LogP contribution is -2.24. The van der Waals surface area contributed by atoms with Crippen molar-refractivity contribution in [1.29, 1.82) is 0 Å². The number of rotatable bonds is 6. The lowest BCUT2D eigenvalue weighted by Gasteiger charge is -2.19. The molecule has 0 radical (unpaired) electrons. The molecule has 33 heavy (non-hydrogen) atoms. The van der Waals surface area contributed by atoms with Gasteiger partial charge in [-0.2, -0.15) is 0 Å². The van der Waals surface area contributed by atoms with Crippen LogP contribution in [0.3, 0.4) is 0 Å². The van der Waals surface area contributed by atoms with Gasteiger partial charge in [-0.15, -0.1) is 0 Å². The number of aryl methyl sites for hydroxylation is 1. The maximum absolute atomic E-state index is 13.3. The highest BCUT2D eigenvalue weighted by Gasteiger charge is 2.35. The highest BCUT2D eigenvalue weighted by Crippen LogP contribution is 2.46. The summed E-state index contributed by atoms with van der Waals surface area (Å²) in [4.78, 5) is 19.7. The van der Waals surface area contributed by atoms with Crippen molar-refractivity contribution in [3.63, 3.8) is 0 Å². The first-order valence-corrected chi connectivity index (χ1v) is 10.4. The van der Waals surface area contributed by atoms with Gasteiger partial charge in [0.05, 0.1) is 23.6 Å². The number of nitro benzene ring substituents is 1. The van der Waals surface area contributed by atoms with Crippen molar-refractivity contribution in [2.45, 2.75) is 52.2 Å². The molecular formula is C23H24F2N4O4. The van der Waals surface area contributed by atoms with Gasteiger partial charge in [0.2, 0.25) is 0 Å². The number of methoxy groups -OCH3 is 1. The Kier molecular flexibility index (Phi) is 5.55. The van der Waals surface area contributed by atoms with Crippen molar-refractivity contribution in [2.24, 2.45) is 0 Å². The fourth-order valence-corrected chi connectivity index (χ4v) is 4.11. The van der Waals surface area contributed by atoms with E-state index in [0.717, 1.165) is 11.6 Å². The van der Waals surface area contributed by atoms with E-state index in [2.05, 4.69) is 15.3 Å². The smallest absolute Gasteiger partial charge is 0.270 e. The number of nitro groups is 1. The van der Waals surface area contributed by atoms with Crippen LogP contribution in [-0.2, 0) is 6.42 Å². The second kappa shape index (κ2) is 8.09. The molecule has 0 fully saturated rings. The maximum atomic E-state index is 13.3. The second-order valence-corrected chi connectivity index (χ2v) is 8.72. The molecule has 1 aliphatic heterocycles. The van der Waals surface area contributed by atoms with Gasteiger partial charge in [-0.1, -0.05) is 0 Å². The number of ether oxygens (including phenoxy) is 2. The SMILES string of the molecule is COc1cc2c(N[C@H](C)c3cc(C(F)F)cc([N+](=O)[O-])c3)nc(C)nc2c2c1OC(C)(C)C2. The summed E-state index contributed by atoms with van der Waals surface area (Å²) in [6.45, 7) is 7.45. The van der Waals surface area contributed by atoms with Crippen LogP contribution >= 0.6 is 0 Å². The van der Waals surface area contributed by atoms with E-state index >= 15 is 0 Å². The predicted molar refractivity (Wildman–Crippen MR) is 119 cm³/mol. The Morgan fingerprint density at radius 1 is 1.21 bits per heavy atom. The number of benzene rings is 2. The van der Waals surface area contributed by atoms with Crippen molar-refractivity contribution < 1.29 is 23.2 Å². The summed E-state index contributed by atoms with van der Waals surface area (Å²) < 4.78 is 38.3. The molecule has 8 nitrogen and oxygen atoms in total. The molecular weight excluding hydrogens is 434 g/mol. The standard InChI is InChI=1S/C23H24F2N4O4/c1-11(13-6-14(21(24)25)8-15(7-13)29(30)31)26-22-16-9-18(32-5)20-17(10-23(3,4)33-20)19(16)27-12(2)28-22/h6-9,11,21H,10H2,1-5H3,(H,26,27,28)/t11-/m1/s1. The zero-order valence-corrected chi connectivity index (χ0v) is 18.9. The summed E-state index contributed by atoms with van der Waals surface area (Å²) >= 11 is 0. The van der Waals surface area contributed by atoms with Gasteiger partial charge in [-0.3, -0.25) is 10.1 Å². The Bertz CT molecular complexity index is 1260. The lowest BCUT2D eigenvalue weighted by atomic mass is 9.98. The number of anilines is 1. The van der Waals surface area contributed by atoms with Crippen LogP contribution in [0, 0.1) is 17.0 Å². The van der Waals surface area contributed by atoms with Crippen molar-refractivity contribution in [3.05, 3.63) is 56.9 Å². The first-order chi connectivity index (χ1) is 15.5. The quantitative estimate of drug-likeness (QED) is 0.375. The summed E-state index contributed by atoms with van der Waals surface area (Å²) in [5, 5.41) is 15.2. The largest absolute Gasteiger partial charge is 0.493 e. The molecule has 10 heteroatoms. The Balaban J connectivity index is 1.81. The van der Waals surface area contributed by atoms with Crippen LogP contribution in [0.5, 0.6) is 11.5 Å². The van der Waals surface area contributed by atoms with Gasteiger partial charge >= 0.3 is 0 Å². The Labute approximate surface area is 189 Å². The number of hydrogen-bond acceptors (Lipinski definition) is 7. The summed E-state index contributed by atoms with van der Waals surface area (Å²) in [6.07, 6.45) is -2.20. The van der Waals surface area contributed by atoms with E-state index in [1.165, 1.54) is 12.1 Å². The van der Waals surface area contributed by atoms with Crippen molar-refractivity contribution >= 4 is 22.4 Å². The molecule has 2 aromatic carbocycles. The summed E-state index contributed by atoms with van der Waals surface area (Å²) in [5.41, 5.74) is 0.755. The highest BCUT2D eigenvalue weighted by atomic mass is 19.3. The zero-order chi connectivity index (χ0) is 24.1. The minimum Gasteiger partial charge on any atom is -0.493 e. The van der Waals surface area contributed by atoms with E-state index in [9.17, 15) is 18.9 Å². The fourth-order valence-electron chi connectivity index (χ4n) is 4.11. The first kappa shape index (κ1) is 22.6. The highest BCUT2D eigenvalue weighted by molar-refractivity contribution is 5.95. The number of fused-ring (bicyclic) bond motifs is 3. The van der Waals surface area contributed by atoms with Crippen LogP contribution in [0.1, 0.15) is 55.8 Å². The third kappa shape index (κ3) is 4.24. The molecule has 4 rings (SSSR count). The zero-order valence-electron chi connectivity index (χ0n) is 18.9. The lowest BCUT2D eigenvalue weighted by molar-refractivity contribution is -0.385. The molecule has 0 saturated heterocycles. The molecule has 174 valence electrons. The predicted octanol–water partition coefficient (Wildman–Crippen LogP) is 5.68. The van der Waals surface area contributed by atoms with Crippen molar-refractivity contribution in [1.82, 2.24) is 9.97 Å². The van der Waals surface area contributed by atoms with Gasteiger partial charge in [0, 0.05) is 35.1 Å². The van der Waals surface area contributed by atoms with E-state index in [1.807, 2.05) is 13.8 Å². The molecule has 0 spiro atoms. The molecule has 0 saturated carbocycles. The first-order valence-electron chi connectivity index (χ1n) is 10.4. The Morgan fingerprint density at radius 3 is 2.55 bits per heavy atom. The fraction of sp³-hybridized carbons (Fsp3) is 0.391. The number of halogens is 2. The van der Waals surface area contributed by atoms with E-state index in [1.54, 1.807) is 27.0 Å². The van der Waals surface area contributed by atoms with Crippen LogP contribution in [0.15, 0.2) is 24.3 Å². The number of non-ortho nitro benzene ring substituents is 1. The summed E-state index contributed by atoms with van der Waals surface area (Å²) in [5.74, 6) is 2.18. The Morgan fingerprint density at radius 2 is 1.91 bits per heavy atom. The second-order valence-electron chi connectivity index (χ2n) is 8.72. The molecule has 0 bridgehead atoms. The third-order valence-corrected chi connectivity index (χ3v) is 5.60. The van der Waals surface area contributed by atoms with E-state index in [-0.39, 0.29) is 5.69 Å². The van der Waals surface area contributed by atoms with Crippen molar-refractivity contribution in [2.75, 3.05) is 12.4 Å². The van der Waals surface area contributed by atoms with E-state index in [0.29, 0.717) is 46.0 Å². The third-order valence-electron chi connectivity index (χ3n) is 5.60. The molecule has 0 aliphatic carbocycles. The van der Waals surface area contributed by atoms with Gasteiger partial charge in [0.1, 0.15) is 17.2 Å². The number of alkyl halides is 2. The summed E-state index contributed by atoms with van der Waals surface area (Å²) in [6, 6.07) is 4.67. The minimum atomic E-state index is -2.83. The Hall–Kier alpha value is -3.56. The molecule has 0 unspecified atom stereocenters. The van der Waals surface area contributed by atoms with Gasteiger partial charge < -0.3 is 14.8 Å². The number of aromatic nitrogens is 2. The van der Waals surface area contributed by atoms with Gasteiger partial charge in [-0.25, -0.2) is 18.7 Å². The number of hydrogen-bond donors (Lipinski definition) is 1. The minimum absolute atomic E-state index is 0.349. The average molecular weight is 458 g/mol. The topological polar surface area (TPSA) is 99.4 Å². The molecule has 1 N–H and O–H groups in total. The molecule has 1 aromatic heterocycles. The molecule has 2 heterocycles. The molecule has 1 aliphatic rings. The van der Waals surface area contributed by atoms with Crippen LogP contribution < -0.4 is 14.8 Å². The van der Waals surface area contributed by atoms with E-state index < -0.39 is 28.6 Å². The van der Waals surface area contributed by atoms with Crippen molar-refractivity contribution in [3.8, 4) is 11.5 Å².